The molecule has 4 rings (SSSR count). The lowest BCUT2D eigenvalue weighted by atomic mass is 10.1. The number of nitrogens with one attached hydrogen (secondary N) is 1. The third-order valence-corrected chi connectivity index (χ3v) is 5.85. The van der Waals surface area contributed by atoms with Crippen molar-refractivity contribution in [1.29, 1.82) is 0 Å². The van der Waals surface area contributed by atoms with E-state index >= 15 is 0 Å². The van der Waals surface area contributed by atoms with E-state index in [-0.39, 0.29) is 5.91 Å². The molecular formula is C22H23N3O2S. The first-order valence-electron chi connectivity index (χ1n) is 9.38. The predicted octanol–water partition coefficient (Wildman–Crippen LogP) is 4.03. The molecule has 2 aliphatic heterocycles. The average molecular weight is 394 g/mol. The van der Waals surface area contributed by atoms with Gasteiger partial charge in [0.1, 0.15) is 0 Å². The lowest BCUT2D eigenvalue weighted by Gasteiger charge is -2.28. The van der Waals surface area contributed by atoms with E-state index in [9.17, 15) is 4.79 Å². The fourth-order valence-corrected chi connectivity index (χ4v) is 3.99. The molecule has 1 N–H and O–H groups in total. The van der Waals surface area contributed by atoms with Crippen molar-refractivity contribution < 1.29 is 9.53 Å². The van der Waals surface area contributed by atoms with Gasteiger partial charge in [-0.3, -0.25) is 4.79 Å². The molecule has 0 radical (unpaired) electrons. The summed E-state index contributed by atoms with van der Waals surface area (Å²) in [5.41, 5.74) is 5.45. The molecule has 2 aliphatic rings. The minimum atomic E-state index is -0.107. The Morgan fingerprint density at radius 1 is 1.07 bits per heavy atom. The van der Waals surface area contributed by atoms with Crippen LogP contribution in [0.1, 0.15) is 16.7 Å². The van der Waals surface area contributed by atoms with Gasteiger partial charge < -0.3 is 15.0 Å². The number of rotatable bonds is 3. The third-order valence-electron chi connectivity index (χ3n) is 4.94. The van der Waals surface area contributed by atoms with Crippen LogP contribution in [-0.4, -0.2) is 37.4 Å². The van der Waals surface area contributed by atoms with Crippen LogP contribution in [0.2, 0.25) is 0 Å². The smallest absolute Gasteiger partial charge is 0.264 e. The summed E-state index contributed by atoms with van der Waals surface area (Å²) in [7, 11) is 0. The second kappa shape index (κ2) is 8.20. The van der Waals surface area contributed by atoms with Gasteiger partial charge in [0.15, 0.2) is 5.17 Å². The monoisotopic (exact) mass is 393 g/mol. The minimum absolute atomic E-state index is 0.107. The Hall–Kier alpha value is -2.57. The molecule has 0 atom stereocenters. The number of ether oxygens (including phenoxy) is 1. The molecule has 0 saturated carbocycles. The first-order valence-corrected chi connectivity index (χ1v) is 10.2. The number of aliphatic imine (C=N–C) groups is 1. The maximum absolute atomic E-state index is 12.3. The van der Waals surface area contributed by atoms with Gasteiger partial charge in [-0.1, -0.05) is 18.2 Å². The van der Waals surface area contributed by atoms with E-state index in [2.05, 4.69) is 41.2 Å². The van der Waals surface area contributed by atoms with E-state index in [1.807, 2.05) is 36.4 Å². The Kier molecular flexibility index (Phi) is 5.50. The van der Waals surface area contributed by atoms with Gasteiger partial charge >= 0.3 is 0 Å². The highest BCUT2D eigenvalue weighted by atomic mass is 32.2. The van der Waals surface area contributed by atoms with Crippen molar-refractivity contribution in [1.82, 2.24) is 5.32 Å². The zero-order valence-corrected chi connectivity index (χ0v) is 16.9. The van der Waals surface area contributed by atoms with Crippen molar-refractivity contribution in [2.24, 2.45) is 4.99 Å². The maximum Gasteiger partial charge on any atom is 0.264 e. The summed E-state index contributed by atoms with van der Waals surface area (Å²) in [4.78, 5) is 19.8. The molecule has 5 nitrogen and oxygen atoms in total. The maximum atomic E-state index is 12.3. The lowest BCUT2D eigenvalue weighted by Crippen LogP contribution is -2.36. The highest BCUT2D eigenvalue weighted by Gasteiger charge is 2.23. The van der Waals surface area contributed by atoms with Crippen molar-refractivity contribution in [3.63, 3.8) is 0 Å². The Balaban J connectivity index is 1.48. The molecule has 144 valence electrons. The molecule has 6 heteroatoms. The Morgan fingerprint density at radius 3 is 2.54 bits per heavy atom. The van der Waals surface area contributed by atoms with Crippen LogP contribution in [0.5, 0.6) is 0 Å². The van der Waals surface area contributed by atoms with Gasteiger partial charge in [0.25, 0.3) is 5.91 Å². The minimum Gasteiger partial charge on any atom is -0.378 e. The normalized spacial score (nSPS) is 20.1. The van der Waals surface area contributed by atoms with Crippen molar-refractivity contribution in [2.45, 2.75) is 13.8 Å². The first kappa shape index (κ1) is 18.8. The molecule has 2 aromatic carbocycles. The molecule has 0 bridgehead atoms. The summed E-state index contributed by atoms with van der Waals surface area (Å²) < 4.78 is 5.40. The number of nitrogens with zero attached hydrogens (tertiary/aromatic N) is 2. The highest BCUT2D eigenvalue weighted by Crippen LogP contribution is 2.29. The van der Waals surface area contributed by atoms with Crippen LogP contribution < -0.4 is 10.2 Å². The SMILES string of the molecule is Cc1ccc(N=C2NC(=O)/C(=C/c3ccc(N4CCOCC4)cc3)S2)cc1C. The number of carbonyl (C=O) groups is 1. The fraction of sp³-hybridized carbons (Fsp3) is 0.273. The number of carbonyl (C=O) groups excluding carboxylic acids is 1. The molecule has 1 amide bonds. The van der Waals surface area contributed by atoms with E-state index in [4.69, 9.17) is 4.74 Å². The number of benzene rings is 2. The number of anilines is 1. The van der Waals surface area contributed by atoms with Gasteiger partial charge in [-0.2, -0.15) is 0 Å². The summed E-state index contributed by atoms with van der Waals surface area (Å²) in [5.74, 6) is -0.107. The van der Waals surface area contributed by atoms with Crippen LogP contribution in [0.15, 0.2) is 52.4 Å². The zero-order valence-electron chi connectivity index (χ0n) is 16.1. The van der Waals surface area contributed by atoms with E-state index in [1.54, 1.807) is 0 Å². The van der Waals surface area contributed by atoms with Gasteiger partial charge in [0, 0.05) is 18.8 Å². The third kappa shape index (κ3) is 4.29. The fourth-order valence-electron chi connectivity index (χ4n) is 3.15. The lowest BCUT2D eigenvalue weighted by molar-refractivity contribution is -0.115. The van der Waals surface area contributed by atoms with Crippen LogP contribution in [0, 0.1) is 13.8 Å². The van der Waals surface area contributed by atoms with Gasteiger partial charge in [0.2, 0.25) is 0 Å². The van der Waals surface area contributed by atoms with Crippen LogP contribution in [-0.2, 0) is 9.53 Å². The first-order chi connectivity index (χ1) is 13.6. The molecule has 0 aliphatic carbocycles. The number of morpholine rings is 1. The number of thioether (sulfide) groups is 1. The highest BCUT2D eigenvalue weighted by molar-refractivity contribution is 8.18. The molecular weight excluding hydrogens is 370 g/mol. The van der Waals surface area contributed by atoms with E-state index < -0.39 is 0 Å². The Labute approximate surface area is 169 Å². The zero-order chi connectivity index (χ0) is 19.5. The Bertz CT molecular complexity index is 945. The molecule has 2 fully saturated rings. The van der Waals surface area contributed by atoms with Crippen molar-refractivity contribution in [3.05, 3.63) is 64.1 Å². The Morgan fingerprint density at radius 2 is 1.82 bits per heavy atom. The number of hydrogen-bond donors (Lipinski definition) is 1. The van der Waals surface area contributed by atoms with Gasteiger partial charge in [-0.05, 0) is 72.6 Å². The van der Waals surface area contributed by atoms with E-state index in [0.717, 1.165) is 37.6 Å². The largest absolute Gasteiger partial charge is 0.378 e. The standard InChI is InChI=1S/C22H23N3O2S/c1-15-3-6-18(13-16(15)2)23-22-24-21(26)20(28-22)14-17-4-7-19(8-5-17)25-9-11-27-12-10-25/h3-8,13-14H,9-12H2,1-2H3,(H,23,24,26)/b20-14-. The topological polar surface area (TPSA) is 53.9 Å². The van der Waals surface area contributed by atoms with Crippen LogP contribution in [0.25, 0.3) is 6.08 Å². The molecule has 0 unspecified atom stereocenters. The molecule has 28 heavy (non-hydrogen) atoms. The van der Waals surface area contributed by atoms with Crippen molar-refractivity contribution in [3.8, 4) is 0 Å². The predicted molar refractivity (Wildman–Crippen MR) is 116 cm³/mol. The molecule has 2 aromatic rings. The van der Waals surface area contributed by atoms with E-state index in [0.29, 0.717) is 10.1 Å². The molecule has 0 spiro atoms. The van der Waals surface area contributed by atoms with Crippen LogP contribution in [0.4, 0.5) is 11.4 Å². The molecule has 0 aromatic heterocycles. The number of amides is 1. The number of amidine groups is 1. The van der Waals surface area contributed by atoms with E-state index in [1.165, 1.54) is 28.6 Å². The van der Waals surface area contributed by atoms with Crippen molar-refractivity contribution >= 4 is 40.3 Å². The van der Waals surface area contributed by atoms with Crippen LogP contribution in [0.3, 0.4) is 0 Å². The number of hydrogen-bond acceptors (Lipinski definition) is 5. The quantitative estimate of drug-likeness (QED) is 0.800. The summed E-state index contributed by atoms with van der Waals surface area (Å²) in [6.07, 6.45) is 1.91. The second-order valence-electron chi connectivity index (χ2n) is 6.94. The summed E-state index contributed by atoms with van der Waals surface area (Å²) in [6.45, 7) is 7.50. The average Bonchev–Trinajstić information content (AvgIpc) is 3.05. The molecule has 2 heterocycles. The van der Waals surface area contributed by atoms with Gasteiger partial charge in [-0.15, -0.1) is 0 Å². The van der Waals surface area contributed by atoms with Crippen molar-refractivity contribution in [2.75, 3.05) is 31.2 Å². The van der Waals surface area contributed by atoms with Crippen LogP contribution >= 0.6 is 11.8 Å². The van der Waals surface area contributed by atoms with Gasteiger partial charge in [0.05, 0.1) is 23.8 Å². The second-order valence-corrected chi connectivity index (χ2v) is 7.97. The van der Waals surface area contributed by atoms with Gasteiger partial charge in [-0.25, -0.2) is 4.99 Å². The summed E-state index contributed by atoms with van der Waals surface area (Å²) in [6, 6.07) is 14.3. The summed E-state index contributed by atoms with van der Waals surface area (Å²) in [5, 5.41) is 3.47. The number of aryl methyl sites for hydroxylation is 2. The summed E-state index contributed by atoms with van der Waals surface area (Å²) >= 11 is 1.37. The molecule has 2 saturated heterocycles.